The highest BCUT2D eigenvalue weighted by atomic mass is 35.5. The van der Waals surface area contributed by atoms with Gasteiger partial charge in [0.1, 0.15) is 11.4 Å². The number of rotatable bonds is 6. The Morgan fingerprint density at radius 2 is 1.94 bits per heavy atom. The highest BCUT2D eigenvalue weighted by Gasteiger charge is 2.23. The lowest BCUT2D eigenvalue weighted by Gasteiger charge is -2.24. The third kappa shape index (κ3) is 4.13. The molecule has 3 N–H and O–H groups in total. The van der Waals surface area contributed by atoms with Crippen LogP contribution in [0.25, 0.3) is 27.9 Å². The molecule has 0 fully saturated rings. The molecule has 9 heteroatoms. The van der Waals surface area contributed by atoms with E-state index in [9.17, 15) is 4.79 Å². The fraction of sp³-hybridized carbons (Fsp3) is 0.154. The van der Waals surface area contributed by atoms with Crippen LogP contribution in [0.2, 0.25) is 5.02 Å². The number of fused-ring (bicyclic) bond motifs is 1. The zero-order chi connectivity index (χ0) is 24.5. The first-order valence-corrected chi connectivity index (χ1v) is 11.6. The summed E-state index contributed by atoms with van der Waals surface area (Å²) in [6.07, 6.45) is 2.26. The Bertz CT molecular complexity index is 1580. The molecule has 0 unspecified atom stereocenters. The van der Waals surface area contributed by atoms with E-state index in [0.29, 0.717) is 39.7 Å². The van der Waals surface area contributed by atoms with Gasteiger partial charge in [0.15, 0.2) is 5.82 Å². The molecule has 5 aromatic rings. The molecule has 0 spiro atoms. The molecule has 3 aromatic heterocycles. The van der Waals surface area contributed by atoms with Crippen LogP contribution in [0.15, 0.2) is 76.2 Å². The van der Waals surface area contributed by atoms with Crippen molar-refractivity contribution in [2.75, 3.05) is 11.1 Å². The van der Waals surface area contributed by atoms with E-state index in [2.05, 4.69) is 20.4 Å². The van der Waals surface area contributed by atoms with Gasteiger partial charge in [0.2, 0.25) is 0 Å². The Morgan fingerprint density at radius 1 is 1.14 bits per heavy atom. The van der Waals surface area contributed by atoms with Crippen molar-refractivity contribution in [1.29, 1.82) is 0 Å². The van der Waals surface area contributed by atoms with Crippen LogP contribution in [-0.2, 0) is 0 Å². The molecule has 1 atom stereocenters. The van der Waals surface area contributed by atoms with E-state index in [4.69, 9.17) is 21.9 Å². The summed E-state index contributed by atoms with van der Waals surface area (Å²) in [5, 5.41) is 9.00. The van der Waals surface area contributed by atoms with Crippen molar-refractivity contribution in [2.45, 2.75) is 26.3 Å². The van der Waals surface area contributed by atoms with Crippen LogP contribution < -0.4 is 16.6 Å². The largest absolute Gasteiger partial charge is 0.398 e. The fourth-order valence-electron chi connectivity index (χ4n) is 4.20. The van der Waals surface area contributed by atoms with Crippen molar-refractivity contribution in [2.24, 2.45) is 0 Å². The molecule has 5 rings (SSSR count). The number of hydrogen-bond acceptors (Lipinski definition) is 7. The molecule has 0 bridgehead atoms. The Morgan fingerprint density at radius 3 is 2.66 bits per heavy atom. The molecule has 0 radical (unpaired) electrons. The van der Waals surface area contributed by atoms with Crippen LogP contribution in [0.3, 0.4) is 0 Å². The number of para-hydroxylation sites is 1. The van der Waals surface area contributed by atoms with Gasteiger partial charge in [-0.2, -0.15) is 4.98 Å². The number of nitrogens with two attached hydrogens (primary N) is 1. The van der Waals surface area contributed by atoms with Crippen LogP contribution in [0.1, 0.15) is 30.9 Å². The van der Waals surface area contributed by atoms with Gasteiger partial charge in [-0.15, -0.1) is 0 Å². The maximum Gasteiger partial charge on any atom is 0.264 e. The first-order valence-electron chi connectivity index (χ1n) is 11.2. The number of pyridine rings is 2. The van der Waals surface area contributed by atoms with Crippen LogP contribution >= 0.6 is 11.6 Å². The number of halogens is 1. The lowest BCUT2D eigenvalue weighted by Crippen LogP contribution is -2.26. The van der Waals surface area contributed by atoms with E-state index >= 15 is 0 Å². The van der Waals surface area contributed by atoms with Gasteiger partial charge in [0.25, 0.3) is 11.4 Å². The summed E-state index contributed by atoms with van der Waals surface area (Å²) >= 11 is 6.45. The summed E-state index contributed by atoms with van der Waals surface area (Å²) in [6.45, 7) is 3.77. The van der Waals surface area contributed by atoms with Gasteiger partial charge in [-0.25, -0.2) is 4.98 Å². The SMILES string of the molecule is CC[C@H](Nc1nccc(N)c1-c1nc(C)no1)c1cc2cccc(Cl)c2c(=O)n1-c1ccccc1. The molecule has 0 aliphatic carbocycles. The number of nitrogens with one attached hydrogen (secondary N) is 1. The number of anilines is 2. The second-order valence-electron chi connectivity index (χ2n) is 8.13. The monoisotopic (exact) mass is 486 g/mol. The van der Waals surface area contributed by atoms with Gasteiger partial charge in [0, 0.05) is 23.3 Å². The van der Waals surface area contributed by atoms with Crippen LogP contribution in [0.4, 0.5) is 11.5 Å². The molecule has 35 heavy (non-hydrogen) atoms. The van der Waals surface area contributed by atoms with Gasteiger partial charge in [-0.1, -0.05) is 54.0 Å². The maximum atomic E-state index is 13.8. The molecule has 0 saturated heterocycles. The molecule has 0 saturated carbocycles. The Balaban J connectivity index is 1.71. The number of nitrogen functional groups attached to an aromatic ring is 1. The van der Waals surface area contributed by atoms with Gasteiger partial charge in [0.05, 0.1) is 16.5 Å². The number of hydrogen-bond donors (Lipinski definition) is 2. The first-order chi connectivity index (χ1) is 17.0. The normalized spacial score (nSPS) is 12.1. The summed E-state index contributed by atoms with van der Waals surface area (Å²) in [7, 11) is 0. The van der Waals surface area contributed by atoms with E-state index < -0.39 is 0 Å². The average Bonchev–Trinajstić information content (AvgIpc) is 3.28. The highest BCUT2D eigenvalue weighted by Crippen LogP contribution is 2.34. The summed E-state index contributed by atoms with van der Waals surface area (Å²) in [4.78, 5) is 22.6. The minimum absolute atomic E-state index is 0.192. The second kappa shape index (κ2) is 9.23. The maximum absolute atomic E-state index is 13.8. The molecular formula is C26H23ClN6O2. The van der Waals surface area contributed by atoms with Crippen molar-refractivity contribution in [1.82, 2.24) is 19.7 Å². The molecule has 0 aliphatic heterocycles. The number of aryl methyl sites for hydroxylation is 1. The van der Waals surface area contributed by atoms with Crippen molar-refractivity contribution in [3.63, 3.8) is 0 Å². The van der Waals surface area contributed by atoms with E-state index in [-0.39, 0.29) is 17.5 Å². The van der Waals surface area contributed by atoms with Crippen molar-refractivity contribution < 1.29 is 4.52 Å². The van der Waals surface area contributed by atoms with Gasteiger partial charge in [-0.05, 0) is 49.1 Å². The number of aromatic nitrogens is 4. The average molecular weight is 487 g/mol. The van der Waals surface area contributed by atoms with Crippen LogP contribution in [0.5, 0.6) is 0 Å². The van der Waals surface area contributed by atoms with E-state index in [1.54, 1.807) is 29.8 Å². The zero-order valence-corrected chi connectivity index (χ0v) is 20.0. The second-order valence-corrected chi connectivity index (χ2v) is 8.53. The van der Waals surface area contributed by atoms with E-state index in [1.807, 2.05) is 55.5 Å². The van der Waals surface area contributed by atoms with Crippen molar-refractivity contribution in [3.05, 3.63) is 93.8 Å². The quantitative estimate of drug-likeness (QED) is 0.324. The molecule has 0 amide bonds. The third-order valence-corrected chi connectivity index (χ3v) is 6.15. The smallest absolute Gasteiger partial charge is 0.264 e. The molecule has 176 valence electrons. The Hall–Kier alpha value is -4.17. The summed E-state index contributed by atoms with van der Waals surface area (Å²) < 4.78 is 7.08. The summed E-state index contributed by atoms with van der Waals surface area (Å²) in [5.41, 5.74) is 8.55. The molecule has 0 aliphatic rings. The van der Waals surface area contributed by atoms with Gasteiger partial charge < -0.3 is 15.6 Å². The summed E-state index contributed by atoms with van der Waals surface area (Å²) in [6, 6.07) is 18.3. The standard InChI is InChI=1S/C26H23ClN6O2/c1-3-20(31-24-23(19(28)12-13-29-24)25-30-15(2)32-35-25)21-14-16-8-7-11-18(27)22(16)26(34)33(21)17-9-5-4-6-10-17/h4-14,20H,3H2,1-2H3,(H3,28,29,31)/t20-/m0/s1. The van der Waals surface area contributed by atoms with Crippen molar-refractivity contribution in [3.8, 4) is 17.1 Å². The molecule has 8 nitrogen and oxygen atoms in total. The molecule has 2 aromatic carbocycles. The topological polar surface area (TPSA) is 112 Å². The van der Waals surface area contributed by atoms with Crippen molar-refractivity contribution >= 4 is 33.9 Å². The number of benzene rings is 2. The first kappa shape index (κ1) is 22.6. The minimum atomic E-state index is -0.302. The van der Waals surface area contributed by atoms with Crippen LogP contribution in [0, 0.1) is 6.92 Å². The van der Waals surface area contributed by atoms with Gasteiger partial charge in [-0.3, -0.25) is 9.36 Å². The third-order valence-electron chi connectivity index (χ3n) is 5.84. The summed E-state index contributed by atoms with van der Waals surface area (Å²) in [5.74, 6) is 1.25. The van der Waals surface area contributed by atoms with Crippen LogP contribution in [-0.4, -0.2) is 19.7 Å². The molecule has 3 heterocycles. The Kier molecular flexibility index (Phi) is 5.96. The minimum Gasteiger partial charge on any atom is -0.398 e. The number of nitrogens with zero attached hydrogens (tertiary/aromatic N) is 4. The van der Waals surface area contributed by atoms with E-state index in [0.717, 1.165) is 16.8 Å². The Labute approximate surface area is 206 Å². The lowest BCUT2D eigenvalue weighted by molar-refractivity contribution is 0.426. The predicted molar refractivity (Wildman–Crippen MR) is 138 cm³/mol. The zero-order valence-electron chi connectivity index (χ0n) is 19.2. The fourth-order valence-corrected chi connectivity index (χ4v) is 4.46. The lowest BCUT2D eigenvalue weighted by atomic mass is 10.0. The van der Waals surface area contributed by atoms with Gasteiger partial charge >= 0.3 is 0 Å². The predicted octanol–water partition coefficient (Wildman–Crippen LogP) is 5.54. The van der Waals surface area contributed by atoms with E-state index in [1.165, 1.54) is 0 Å². The molecular weight excluding hydrogens is 464 g/mol. The highest BCUT2D eigenvalue weighted by molar-refractivity contribution is 6.35.